The van der Waals surface area contributed by atoms with Gasteiger partial charge in [0, 0.05) is 23.3 Å². The van der Waals surface area contributed by atoms with Gasteiger partial charge in [-0.1, -0.05) is 0 Å². The topological polar surface area (TPSA) is 12.9 Å². The fourth-order valence-electron chi connectivity index (χ4n) is 1.23. The van der Waals surface area contributed by atoms with Gasteiger partial charge in [-0.3, -0.25) is 4.98 Å². The van der Waals surface area contributed by atoms with Gasteiger partial charge in [-0.25, -0.2) is 0 Å². The molecule has 2 heteroatoms. The smallest absolute Gasteiger partial charge is 0.0550 e. The predicted octanol–water partition coefficient (Wildman–Crippen LogP) is 2.04. The van der Waals surface area contributed by atoms with E-state index in [0.29, 0.717) is 0 Å². The van der Waals surface area contributed by atoms with Gasteiger partial charge in [-0.2, -0.15) is 0 Å². The Bertz CT molecular complexity index is 257. The van der Waals surface area contributed by atoms with Crippen LogP contribution in [0.15, 0.2) is 17.2 Å². The first kappa shape index (κ1) is 6.23. The first-order valence-electron chi connectivity index (χ1n) is 3.45. The molecule has 0 atom stereocenters. The number of aromatic nitrogens is 1. The van der Waals surface area contributed by atoms with Crippen molar-refractivity contribution in [3.05, 3.63) is 23.5 Å². The van der Waals surface area contributed by atoms with E-state index in [2.05, 4.69) is 18.0 Å². The van der Waals surface area contributed by atoms with Crippen molar-refractivity contribution in [1.29, 1.82) is 0 Å². The largest absolute Gasteiger partial charge is 0.260 e. The zero-order valence-corrected chi connectivity index (χ0v) is 6.74. The molecule has 0 unspecified atom stereocenters. The lowest BCUT2D eigenvalue weighted by Crippen LogP contribution is -1.87. The highest BCUT2D eigenvalue weighted by Crippen LogP contribution is 2.31. The predicted molar refractivity (Wildman–Crippen MR) is 43.4 cm³/mol. The molecule has 1 nitrogen and oxygen atoms in total. The van der Waals surface area contributed by atoms with Crippen molar-refractivity contribution in [3.8, 4) is 0 Å². The van der Waals surface area contributed by atoms with E-state index in [1.165, 1.54) is 21.9 Å². The number of fused-ring (bicyclic) bond motifs is 1. The van der Waals surface area contributed by atoms with E-state index >= 15 is 0 Å². The van der Waals surface area contributed by atoms with Crippen LogP contribution in [-0.4, -0.2) is 10.7 Å². The maximum Gasteiger partial charge on any atom is 0.0550 e. The van der Waals surface area contributed by atoms with Crippen LogP contribution in [0.5, 0.6) is 0 Å². The van der Waals surface area contributed by atoms with E-state index in [1.54, 1.807) is 0 Å². The van der Waals surface area contributed by atoms with E-state index < -0.39 is 0 Å². The third-order valence-electron chi connectivity index (χ3n) is 1.76. The highest BCUT2D eigenvalue weighted by molar-refractivity contribution is 7.99. The molecular weight excluding hydrogens is 142 g/mol. The maximum absolute atomic E-state index is 4.30. The van der Waals surface area contributed by atoms with Gasteiger partial charge < -0.3 is 0 Å². The summed E-state index contributed by atoms with van der Waals surface area (Å²) in [4.78, 5) is 5.72. The summed E-state index contributed by atoms with van der Waals surface area (Å²) in [6, 6.07) is 2.08. The highest BCUT2D eigenvalue weighted by atomic mass is 32.2. The van der Waals surface area contributed by atoms with Crippen LogP contribution in [0.3, 0.4) is 0 Å². The van der Waals surface area contributed by atoms with E-state index in [4.69, 9.17) is 0 Å². The number of thioether (sulfide) groups is 1. The van der Waals surface area contributed by atoms with Gasteiger partial charge in [0.2, 0.25) is 0 Å². The molecule has 0 bridgehead atoms. The molecule has 0 N–H and O–H groups in total. The monoisotopic (exact) mass is 151 g/mol. The van der Waals surface area contributed by atoms with Gasteiger partial charge in [-0.05, 0) is 18.6 Å². The second-order valence-electron chi connectivity index (χ2n) is 2.50. The third-order valence-corrected chi connectivity index (χ3v) is 3.01. The molecule has 2 heterocycles. The van der Waals surface area contributed by atoms with Crippen LogP contribution >= 0.6 is 11.8 Å². The number of hydrogen-bond acceptors (Lipinski definition) is 2. The molecule has 0 amide bonds. The summed E-state index contributed by atoms with van der Waals surface area (Å²) in [5.41, 5.74) is 2.68. The minimum Gasteiger partial charge on any atom is -0.260 e. The van der Waals surface area contributed by atoms with Crippen molar-refractivity contribution in [3.63, 3.8) is 0 Å². The molecule has 1 aliphatic rings. The molecule has 1 aromatic heterocycles. The molecule has 10 heavy (non-hydrogen) atoms. The fourth-order valence-corrected chi connectivity index (χ4v) is 2.34. The molecule has 0 aliphatic carbocycles. The van der Waals surface area contributed by atoms with E-state index in [9.17, 15) is 0 Å². The minimum atomic E-state index is 1.15. The zero-order valence-electron chi connectivity index (χ0n) is 5.92. The SMILES string of the molecule is Cc1ccnc2c1SCC2. The van der Waals surface area contributed by atoms with Crippen molar-refractivity contribution < 1.29 is 0 Å². The average Bonchev–Trinajstić information content (AvgIpc) is 2.36. The number of nitrogens with zero attached hydrogens (tertiary/aromatic N) is 1. The molecule has 2 rings (SSSR count). The van der Waals surface area contributed by atoms with Gasteiger partial charge in [-0.15, -0.1) is 11.8 Å². The van der Waals surface area contributed by atoms with E-state index in [-0.39, 0.29) is 0 Å². The molecule has 0 fully saturated rings. The molecule has 0 saturated heterocycles. The Morgan fingerprint density at radius 3 is 3.30 bits per heavy atom. The summed E-state index contributed by atoms with van der Waals surface area (Å²) in [5, 5.41) is 0. The Morgan fingerprint density at radius 2 is 2.50 bits per heavy atom. The molecule has 52 valence electrons. The summed E-state index contributed by atoms with van der Waals surface area (Å²) in [6.45, 7) is 2.15. The normalized spacial score (nSPS) is 15.3. The van der Waals surface area contributed by atoms with E-state index in [1.807, 2.05) is 18.0 Å². The zero-order chi connectivity index (χ0) is 6.97. The van der Waals surface area contributed by atoms with Crippen molar-refractivity contribution >= 4 is 11.8 Å². The van der Waals surface area contributed by atoms with Crippen LogP contribution in [0, 0.1) is 6.92 Å². The van der Waals surface area contributed by atoms with Gasteiger partial charge in [0.15, 0.2) is 0 Å². The number of rotatable bonds is 0. The molecule has 0 saturated carbocycles. The average molecular weight is 151 g/mol. The van der Waals surface area contributed by atoms with Gasteiger partial charge in [0.1, 0.15) is 0 Å². The molecular formula is C8H9NS. The lowest BCUT2D eigenvalue weighted by Gasteiger charge is -1.98. The standard InChI is InChI=1S/C8H9NS/c1-6-2-4-9-7-3-5-10-8(6)7/h2,4H,3,5H2,1H3. The Balaban J connectivity index is 2.59. The summed E-state index contributed by atoms with van der Waals surface area (Å²) < 4.78 is 0. The summed E-state index contributed by atoms with van der Waals surface area (Å²) >= 11 is 1.93. The van der Waals surface area contributed by atoms with Crippen LogP contribution in [0.4, 0.5) is 0 Å². The van der Waals surface area contributed by atoms with Crippen molar-refractivity contribution in [2.75, 3.05) is 5.75 Å². The maximum atomic E-state index is 4.30. The molecule has 0 spiro atoms. The van der Waals surface area contributed by atoms with Crippen LogP contribution in [0.1, 0.15) is 11.3 Å². The lowest BCUT2D eigenvalue weighted by atomic mass is 10.2. The first-order chi connectivity index (χ1) is 4.88. The number of pyridine rings is 1. The van der Waals surface area contributed by atoms with Gasteiger partial charge >= 0.3 is 0 Å². The second-order valence-corrected chi connectivity index (χ2v) is 3.61. The quantitative estimate of drug-likeness (QED) is 0.562. The summed E-state index contributed by atoms with van der Waals surface area (Å²) in [5.74, 6) is 1.22. The van der Waals surface area contributed by atoms with Gasteiger partial charge in [0.25, 0.3) is 0 Å². The number of hydrogen-bond donors (Lipinski definition) is 0. The van der Waals surface area contributed by atoms with Crippen molar-refractivity contribution in [2.24, 2.45) is 0 Å². The van der Waals surface area contributed by atoms with Crippen LogP contribution in [0.25, 0.3) is 0 Å². The highest BCUT2D eigenvalue weighted by Gasteiger charge is 2.13. The first-order valence-corrected chi connectivity index (χ1v) is 4.44. The molecule has 1 aliphatic heterocycles. The third kappa shape index (κ3) is 0.833. The molecule has 1 aromatic rings. The second kappa shape index (κ2) is 2.27. The van der Waals surface area contributed by atoms with Crippen LogP contribution in [0.2, 0.25) is 0 Å². The van der Waals surface area contributed by atoms with Gasteiger partial charge in [0.05, 0.1) is 5.69 Å². The fraction of sp³-hybridized carbons (Fsp3) is 0.375. The molecule has 0 aromatic carbocycles. The lowest BCUT2D eigenvalue weighted by molar-refractivity contribution is 1.01. The van der Waals surface area contributed by atoms with Crippen LogP contribution < -0.4 is 0 Å². The Labute approximate surface area is 64.9 Å². The Kier molecular flexibility index (Phi) is 1.42. The molecule has 0 radical (unpaired) electrons. The van der Waals surface area contributed by atoms with Crippen LogP contribution in [-0.2, 0) is 6.42 Å². The Hall–Kier alpha value is -0.500. The van der Waals surface area contributed by atoms with Crippen molar-refractivity contribution in [2.45, 2.75) is 18.2 Å². The number of aryl methyl sites for hydroxylation is 2. The van der Waals surface area contributed by atoms with Crippen molar-refractivity contribution in [1.82, 2.24) is 4.98 Å². The summed E-state index contributed by atoms with van der Waals surface area (Å²) in [6.07, 6.45) is 3.06. The minimum absolute atomic E-state index is 1.15. The van der Waals surface area contributed by atoms with E-state index in [0.717, 1.165) is 6.42 Å². The Morgan fingerprint density at radius 1 is 1.60 bits per heavy atom. The summed E-state index contributed by atoms with van der Waals surface area (Å²) in [7, 11) is 0.